The standard InChI is InChI=1S/C20H26F2N2O4/c21-19(22)28-16-6-5-14(11-17(16)27-15-3-1-2-4-15)20(13-23)7-9-24(10-8-20)12-18(25)26/h5-6,11,15-17,19H,1-4,7-10,12H2,(H,25,26). The van der Waals surface area contributed by atoms with Crippen molar-refractivity contribution >= 4 is 5.97 Å². The van der Waals surface area contributed by atoms with Gasteiger partial charge in [0.1, 0.15) is 12.2 Å². The molecular weight excluding hydrogens is 370 g/mol. The second kappa shape index (κ2) is 9.12. The summed E-state index contributed by atoms with van der Waals surface area (Å²) in [6, 6.07) is 2.39. The normalized spacial score (nSPS) is 28.3. The van der Waals surface area contributed by atoms with Crippen molar-refractivity contribution in [2.24, 2.45) is 5.41 Å². The van der Waals surface area contributed by atoms with Crippen molar-refractivity contribution < 1.29 is 28.2 Å². The van der Waals surface area contributed by atoms with Crippen LogP contribution in [0, 0.1) is 16.7 Å². The molecule has 1 aliphatic heterocycles. The number of carboxylic acid groups (broad SMARTS) is 1. The van der Waals surface area contributed by atoms with Crippen molar-refractivity contribution in [3.05, 3.63) is 23.8 Å². The van der Waals surface area contributed by atoms with Gasteiger partial charge >= 0.3 is 12.6 Å². The van der Waals surface area contributed by atoms with Gasteiger partial charge in [0.2, 0.25) is 0 Å². The van der Waals surface area contributed by atoms with E-state index in [0.717, 1.165) is 31.3 Å². The Morgan fingerprint density at radius 1 is 1.32 bits per heavy atom. The molecule has 6 nitrogen and oxygen atoms in total. The number of carboxylic acids is 1. The fourth-order valence-corrected chi connectivity index (χ4v) is 4.31. The van der Waals surface area contributed by atoms with Gasteiger partial charge in [-0.2, -0.15) is 14.0 Å². The third-order valence-electron chi connectivity index (χ3n) is 5.88. The molecule has 8 heteroatoms. The van der Waals surface area contributed by atoms with Crippen LogP contribution >= 0.6 is 0 Å². The van der Waals surface area contributed by atoms with E-state index in [1.807, 2.05) is 0 Å². The SMILES string of the molecule is N#CC1(C2=CC(OC3CCCC3)C(OC(F)F)C=C2)CCN(CC(=O)O)CC1. The number of aliphatic carboxylic acids is 1. The molecule has 1 heterocycles. The molecule has 1 saturated carbocycles. The van der Waals surface area contributed by atoms with Crippen LogP contribution in [0.1, 0.15) is 38.5 Å². The zero-order valence-corrected chi connectivity index (χ0v) is 15.7. The number of carbonyl (C=O) groups is 1. The Bertz CT molecular complexity index is 660. The summed E-state index contributed by atoms with van der Waals surface area (Å²) in [5.41, 5.74) is -0.0134. The molecule has 0 aromatic carbocycles. The van der Waals surface area contributed by atoms with Crippen molar-refractivity contribution in [2.45, 2.75) is 63.4 Å². The molecule has 0 amide bonds. The maximum atomic E-state index is 12.8. The van der Waals surface area contributed by atoms with Crippen LogP contribution in [0.15, 0.2) is 23.8 Å². The number of hydrogen-bond acceptors (Lipinski definition) is 5. The summed E-state index contributed by atoms with van der Waals surface area (Å²) in [7, 11) is 0. The molecule has 3 aliphatic rings. The molecule has 0 aromatic heterocycles. The predicted molar refractivity (Wildman–Crippen MR) is 96.6 cm³/mol. The number of alkyl halides is 2. The zero-order chi connectivity index (χ0) is 20.1. The monoisotopic (exact) mass is 396 g/mol. The van der Waals surface area contributed by atoms with Gasteiger partial charge < -0.3 is 14.6 Å². The largest absolute Gasteiger partial charge is 0.480 e. The van der Waals surface area contributed by atoms with E-state index in [0.29, 0.717) is 25.9 Å². The Hall–Kier alpha value is -1.82. The molecule has 2 aliphatic carbocycles. The van der Waals surface area contributed by atoms with Crippen LogP contribution in [-0.2, 0) is 14.3 Å². The zero-order valence-electron chi connectivity index (χ0n) is 15.7. The van der Waals surface area contributed by atoms with Crippen LogP contribution in [0.25, 0.3) is 0 Å². The third-order valence-corrected chi connectivity index (χ3v) is 5.88. The lowest BCUT2D eigenvalue weighted by Gasteiger charge is -2.39. The first-order chi connectivity index (χ1) is 13.4. The van der Waals surface area contributed by atoms with Crippen LogP contribution in [-0.4, -0.2) is 60.5 Å². The smallest absolute Gasteiger partial charge is 0.345 e. The van der Waals surface area contributed by atoms with E-state index in [2.05, 4.69) is 6.07 Å². The summed E-state index contributed by atoms with van der Waals surface area (Å²) in [4.78, 5) is 12.7. The van der Waals surface area contributed by atoms with E-state index in [4.69, 9.17) is 14.6 Å². The van der Waals surface area contributed by atoms with Gasteiger partial charge in [-0.25, -0.2) is 0 Å². The molecule has 0 aromatic rings. The van der Waals surface area contributed by atoms with Crippen molar-refractivity contribution in [3.63, 3.8) is 0 Å². The van der Waals surface area contributed by atoms with Crippen molar-refractivity contribution in [3.8, 4) is 6.07 Å². The molecule has 1 saturated heterocycles. The van der Waals surface area contributed by atoms with E-state index in [-0.39, 0.29) is 12.6 Å². The van der Waals surface area contributed by atoms with Crippen LogP contribution in [0.5, 0.6) is 0 Å². The van der Waals surface area contributed by atoms with Crippen molar-refractivity contribution in [1.82, 2.24) is 4.90 Å². The molecule has 0 spiro atoms. The second-order valence-corrected chi connectivity index (χ2v) is 7.71. The fraction of sp³-hybridized carbons (Fsp3) is 0.700. The molecular formula is C20H26F2N2O4. The van der Waals surface area contributed by atoms with Gasteiger partial charge in [0.05, 0.1) is 24.1 Å². The van der Waals surface area contributed by atoms with Gasteiger partial charge in [0.15, 0.2) is 0 Å². The lowest BCUT2D eigenvalue weighted by atomic mass is 9.71. The lowest BCUT2D eigenvalue weighted by Crippen LogP contribution is -2.43. The van der Waals surface area contributed by atoms with E-state index < -0.39 is 30.2 Å². The number of rotatable bonds is 7. The van der Waals surface area contributed by atoms with Crippen LogP contribution in [0.4, 0.5) is 8.78 Å². The van der Waals surface area contributed by atoms with Gasteiger partial charge in [0.25, 0.3) is 0 Å². The number of hydrogen-bond donors (Lipinski definition) is 1. The first-order valence-corrected chi connectivity index (χ1v) is 9.77. The molecule has 0 radical (unpaired) electrons. The molecule has 3 rings (SSSR count). The van der Waals surface area contributed by atoms with E-state index >= 15 is 0 Å². The Balaban J connectivity index is 1.75. The Labute approximate surface area is 163 Å². The number of nitrogens with zero attached hydrogens (tertiary/aromatic N) is 2. The maximum Gasteiger partial charge on any atom is 0.345 e. The summed E-state index contributed by atoms with van der Waals surface area (Å²) >= 11 is 0. The maximum absolute atomic E-state index is 12.8. The Morgan fingerprint density at radius 2 is 2.00 bits per heavy atom. The number of allylic oxidation sites excluding steroid dienone is 2. The number of ether oxygens (including phenoxy) is 2. The highest BCUT2D eigenvalue weighted by molar-refractivity contribution is 5.69. The fourth-order valence-electron chi connectivity index (χ4n) is 4.31. The van der Waals surface area contributed by atoms with E-state index in [1.54, 1.807) is 23.1 Å². The Morgan fingerprint density at radius 3 is 2.57 bits per heavy atom. The topological polar surface area (TPSA) is 82.8 Å². The van der Waals surface area contributed by atoms with Crippen LogP contribution in [0.2, 0.25) is 0 Å². The minimum Gasteiger partial charge on any atom is -0.480 e. The molecule has 28 heavy (non-hydrogen) atoms. The number of likely N-dealkylation sites (tertiary alicyclic amines) is 1. The average Bonchev–Trinajstić information content (AvgIpc) is 3.16. The third kappa shape index (κ3) is 4.96. The van der Waals surface area contributed by atoms with Crippen LogP contribution < -0.4 is 0 Å². The minimum atomic E-state index is -2.90. The summed E-state index contributed by atoms with van der Waals surface area (Å²) in [5, 5.41) is 18.8. The average molecular weight is 396 g/mol. The van der Waals surface area contributed by atoms with Gasteiger partial charge in [-0.05, 0) is 37.3 Å². The van der Waals surface area contributed by atoms with Crippen molar-refractivity contribution in [2.75, 3.05) is 19.6 Å². The molecule has 2 fully saturated rings. The quantitative estimate of drug-likeness (QED) is 0.712. The highest BCUT2D eigenvalue weighted by Gasteiger charge is 2.40. The molecule has 2 unspecified atom stereocenters. The molecule has 154 valence electrons. The highest BCUT2D eigenvalue weighted by atomic mass is 19.3. The first kappa shape index (κ1) is 20.9. The van der Waals surface area contributed by atoms with Gasteiger partial charge in [-0.1, -0.05) is 25.0 Å². The highest BCUT2D eigenvalue weighted by Crippen LogP contribution is 2.41. The summed E-state index contributed by atoms with van der Waals surface area (Å²) in [6.07, 6.45) is 8.41. The minimum absolute atomic E-state index is 0.0215. The van der Waals surface area contributed by atoms with Gasteiger partial charge in [0, 0.05) is 13.1 Å². The van der Waals surface area contributed by atoms with E-state index in [1.165, 1.54) is 0 Å². The van der Waals surface area contributed by atoms with Crippen molar-refractivity contribution in [1.29, 1.82) is 5.26 Å². The predicted octanol–water partition coefficient (Wildman–Crippen LogP) is 3.11. The summed E-state index contributed by atoms with van der Waals surface area (Å²) in [5.74, 6) is -0.891. The summed E-state index contributed by atoms with van der Waals surface area (Å²) in [6.45, 7) is -1.95. The lowest BCUT2D eigenvalue weighted by molar-refractivity contribution is -0.180. The number of nitriles is 1. The molecule has 0 bridgehead atoms. The van der Waals surface area contributed by atoms with Gasteiger partial charge in [-0.3, -0.25) is 9.69 Å². The Kier molecular flexibility index (Phi) is 6.81. The first-order valence-electron chi connectivity index (χ1n) is 9.77. The second-order valence-electron chi connectivity index (χ2n) is 7.71. The van der Waals surface area contributed by atoms with Crippen LogP contribution in [0.3, 0.4) is 0 Å². The summed E-state index contributed by atoms with van der Waals surface area (Å²) < 4.78 is 36.4. The van der Waals surface area contributed by atoms with E-state index in [9.17, 15) is 18.8 Å². The van der Waals surface area contributed by atoms with Gasteiger partial charge in [-0.15, -0.1) is 0 Å². The molecule has 2 atom stereocenters. The molecule has 1 N–H and O–H groups in total. The number of piperidine rings is 1. The number of halogens is 2.